The third-order valence-electron chi connectivity index (χ3n) is 11.7. The molecule has 8 rings (SSSR count). The third-order valence-corrected chi connectivity index (χ3v) is 11.7. The number of nitrogens with zero attached hydrogens (tertiary/aromatic N) is 2. The van der Waals surface area contributed by atoms with Crippen LogP contribution in [0.2, 0.25) is 0 Å². The largest absolute Gasteiger partial charge is 0.335 e. The van der Waals surface area contributed by atoms with Gasteiger partial charge in [0, 0.05) is 33.9 Å². The van der Waals surface area contributed by atoms with E-state index in [0.29, 0.717) is 0 Å². The van der Waals surface area contributed by atoms with E-state index >= 15 is 0 Å². The minimum absolute atomic E-state index is 0.0660. The van der Waals surface area contributed by atoms with E-state index in [1.807, 2.05) is 0 Å². The van der Waals surface area contributed by atoms with Gasteiger partial charge in [-0.05, 0) is 94.0 Å². The SMILES string of the molecule is CC(C)(C)c1ccc(N2c3ccc(C(C)(C)C)cc3B3c4cccc5c4N(c4cccc2c43)C2(C)CCCCC52C)cc1. The highest BCUT2D eigenvalue weighted by atomic mass is 15.3. The molecule has 0 aromatic heterocycles. The highest BCUT2D eigenvalue weighted by Crippen LogP contribution is 2.61. The zero-order valence-corrected chi connectivity index (χ0v) is 27.3. The molecule has 0 bridgehead atoms. The van der Waals surface area contributed by atoms with Crippen molar-refractivity contribution in [3.63, 3.8) is 0 Å². The van der Waals surface area contributed by atoms with Crippen molar-refractivity contribution in [1.82, 2.24) is 0 Å². The number of fused-ring (bicyclic) bond motifs is 7. The number of anilines is 5. The monoisotopic (exact) mass is 564 g/mol. The first-order valence-corrected chi connectivity index (χ1v) is 16.5. The van der Waals surface area contributed by atoms with Crippen molar-refractivity contribution in [3.05, 3.63) is 95.6 Å². The molecular formula is C40H45BN2. The molecule has 0 N–H and O–H groups in total. The van der Waals surface area contributed by atoms with E-state index in [9.17, 15) is 0 Å². The van der Waals surface area contributed by atoms with Crippen LogP contribution >= 0.6 is 0 Å². The second-order valence-electron chi connectivity index (χ2n) is 16.2. The molecule has 43 heavy (non-hydrogen) atoms. The molecule has 0 radical (unpaired) electrons. The van der Waals surface area contributed by atoms with Gasteiger partial charge in [0.05, 0.1) is 5.54 Å². The Hall–Kier alpha value is -3.46. The van der Waals surface area contributed by atoms with Crippen molar-refractivity contribution < 1.29 is 0 Å². The van der Waals surface area contributed by atoms with Gasteiger partial charge in [0.25, 0.3) is 6.71 Å². The average Bonchev–Trinajstić information content (AvgIpc) is 3.18. The number of hydrogen-bond donors (Lipinski definition) is 0. The van der Waals surface area contributed by atoms with Gasteiger partial charge in [-0.2, -0.15) is 0 Å². The predicted molar refractivity (Wildman–Crippen MR) is 186 cm³/mol. The van der Waals surface area contributed by atoms with E-state index in [0.717, 1.165) is 0 Å². The van der Waals surface area contributed by atoms with Crippen LogP contribution in [0.5, 0.6) is 0 Å². The lowest BCUT2D eigenvalue weighted by molar-refractivity contribution is 0.195. The Morgan fingerprint density at radius 2 is 1.30 bits per heavy atom. The molecule has 2 nitrogen and oxygen atoms in total. The summed E-state index contributed by atoms with van der Waals surface area (Å²) in [6.07, 6.45) is 5.10. The fourth-order valence-electron chi connectivity index (χ4n) is 9.08. The van der Waals surface area contributed by atoms with Gasteiger partial charge < -0.3 is 9.80 Å². The van der Waals surface area contributed by atoms with Gasteiger partial charge in [0.2, 0.25) is 0 Å². The second kappa shape index (κ2) is 8.59. The Labute approximate surface area is 259 Å². The summed E-state index contributed by atoms with van der Waals surface area (Å²) in [5.74, 6) is 0. The Balaban J connectivity index is 1.44. The zero-order valence-electron chi connectivity index (χ0n) is 27.3. The first kappa shape index (κ1) is 27.1. The maximum absolute atomic E-state index is 2.81. The quantitative estimate of drug-likeness (QED) is 0.188. The summed E-state index contributed by atoms with van der Waals surface area (Å²) >= 11 is 0. The molecular weight excluding hydrogens is 519 g/mol. The van der Waals surface area contributed by atoms with E-state index in [2.05, 4.69) is 144 Å². The first-order chi connectivity index (χ1) is 20.3. The third kappa shape index (κ3) is 3.48. The summed E-state index contributed by atoms with van der Waals surface area (Å²) in [4.78, 5) is 5.36. The lowest BCUT2D eigenvalue weighted by Gasteiger charge is -2.52. The summed E-state index contributed by atoms with van der Waals surface area (Å²) < 4.78 is 0. The average molecular weight is 565 g/mol. The topological polar surface area (TPSA) is 6.48 Å². The van der Waals surface area contributed by atoms with Crippen molar-refractivity contribution in [2.24, 2.45) is 0 Å². The molecule has 1 aliphatic carbocycles. The van der Waals surface area contributed by atoms with E-state index in [1.54, 1.807) is 5.56 Å². The van der Waals surface area contributed by atoms with Crippen molar-refractivity contribution in [2.75, 3.05) is 9.80 Å². The molecule has 0 saturated heterocycles. The van der Waals surface area contributed by atoms with Crippen LogP contribution in [0.4, 0.5) is 28.4 Å². The van der Waals surface area contributed by atoms with E-state index in [1.165, 1.54) is 81.6 Å². The van der Waals surface area contributed by atoms with Gasteiger partial charge in [0.15, 0.2) is 0 Å². The fourth-order valence-corrected chi connectivity index (χ4v) is 9.08. The number of hydrogen-bond acceptors (Lipinski definition) is 2. The van der Waals surface area contributed by atoms with Gasteiger partial charge >= 0.3 is 0 Å². The highest BCUT2D eigenvalue weighted by molar-refractivity contribution is 7.00. The molecule has 4 aliphatic rings. The van der Waals surface area contributed by atoms with Crippen LogP contribution < -0.4 is 26.2 Å². The molecule has 1 saturated carbocycles. The summed E-state index contributed by atoms with van der Waals surface area (Å²) in [7, 11) is 0. The van der Waals surface area contributed by atoms with E-state index in [4.69, 9.17) is 0 Å². The van der Waals surface area contributed by atoms with Gasteiger partial charge in [0.1, 0.15) is 0 Å². The van der Waals surface area contributed by atoms with Crippen molar-refractivity contribution >= 4 is 51.5 Å². The molecule has 4 aromatic rings. The number of benzene rings is 4. The fraction of sp³-hybridized carbons (Fsp3) is 0.400. The van der Waals surface area contributed by atoms with Crippen LogP contribution in [0.25, 0.3) is 0 Å². The predicted octanol–water partition coefficient (Wildman–Crippen LogP) is 8.64. The van der Waals surface area contributed by atoms with E-state index in [-0.39, 0.29) is 28.5 Å². The van der Waals surface area contributed by atoms with Crippen LogP contribution in [0.1, 0.15) is 97.8 Å². The minimum atomic E-state index is 0.0660. The lowest BCUT2D eigenvalue weighted by Crippen LogP contribution is -2.64. The minimum Gasteiger partial charge on any atom is -0.335 e. The lowest BCUT2D eigenvalue weighted by atomic mass is 9.33. The van der Waals surface area contributed by atoms with Gasteiger partial charge in [-0.1, -0.05) is 110 Å². The Morgan fingerprint density at radius 1 is 0.651 bits per heavy atom. The van der Waals surface area contributed by atoms with Crippen molar-refractivity contribution in [3.8, 4) is 0 Å². The normalized spacial score (nSPS) is 23.5. The van der Waals surface area contributed by atoms with Gasteiger partial charge in [-0.25, -0.2) is 0 Å². The molecule has 2 atom stereocenters. The smallest absolute Gasteiger partial charge is 0.252 e. The molecule has 3 aliphatic heterocycles. The number of para-hydroxylation sites is 1. The molecule has 0 spiro atoms. The van der Waals surface area contributed by atoms with Crippen molar-refractivity contribution in [1.29, 1.82) is 0 Å². The second-order valence-corrected chi connectivity index (χ2v) is 16.2. The van der Waals surface area contributed by atoms with Crippen LogP contribution in [0.3, 0.4) is 0 Å². The zero-order chi connectivity index (χ0) is 30.1. The summed E-state index contributed by atoms with van der Waals surface area (Å²) in [5.41, 5.74) is 15.9. The summed E-state index contributed by atoms with van der Waals surface area (Å²) in [6, 6.07) is 31.0. The Bertz CT molecular complexity index is 1790. The van der Waals surface area contributed by atoms with Gasteiger partial charge in [-0.3, -0.25) is 0 Å². The molecule has 2 unspecified atom stereocenters. The maximum Gasteiger partial charge on any atom is 0.252 e. The Morgan fingerprint density at radius 3 is 2.02 bits per heavy atom. The van der Waals surface area contributed by atoms with E-state index < -0.39 is 0 Å². The first-order valence-electron chi connectivity index (χ1n) is 16.5. The van der Waals surface area contributed by atoms with Crippen LogP contribution in [-0.2, 0) is 16.2 Å². The molecule has 3 heteroatoms. The van der Waals surface area contributed by atoms with Crippen molar-refractivity contribution in [2.45, 2.75) is 103 Å². The molecule has 0 amide bonds. The summed E-state index contributed by atoms with van der Waals surface area (Å²) in [5, 5.41) is 0. The molecule has 1 fully saturated rings. The number of rotatable bonds is 1. The molecule has 218 valence electrons. The van der Waals surface area contributed by atoms with Gasteiger partial charge in [-0.15, -0.1) is 0 Å². The van der Waals surface area contributed by atoms with Crippen LogP contribution in [0, 0.1) is 0 Å². The highest BCUT2D eigenvalue weighted by Gasteiger charge is 2.61. The molecule has 4 aromatic carbocycles. The maximum atomic E-state index is 2.81. The Kier molecular flexibility index (Phi) is 5.42. The molecule has 3 heterocycles. The van der Waals surface area contributed by atoms with Crippen LogP contribution in [-0.4, -0.2) is 12.3 Å². The van der Waals surface area contributed by atoms with Crippen LogP contribution in [0.15, 0.2) is 78.9 Å². The summed E-state index contributed by atoms with van der Waals surface area (Å²) in [6.45, 7) is 19.3. The standard InChI is InChI=1S/C40H45BN2/c1-37(2,3)26-17-20-28(21-18-26)42-32-22-19-27(38(4,5)6)25-31(32)41-30-14-11-13-29-36(30)43(34-16-12-15-33(42)35(34)41)40(8)24-10-9-23-39(29,40)7/h11-22,25H,9-10,23-24H2,1-8H3.